The van der Waals surface area contributed by atoms with Crippen molar-refractivity contribution in [3.63, 3.8) is 0 Å². The summed E-state index contributed by atoms with van der Waals surface area (Å²) in [5.74, 6) is 0.636. The summed E-state index contributed by atoms with van der Waals surface area (Å²) in [6.07, 6.45) is 4.04. The number of carbonyl (C=O) groups excluding carboxylic acids is 1. The Balaban J connectivity index is 1.32. The molecule has 5 rings (SSSR count). The van der Waals surface area contributed by atoms with E-state index in [4.69, 9.17) is 4.74 Å². The van der Waals surface area contributed by atoms with Crippen molar-refractivity contribution in [3.8, 4) is 32.8 Å². The number of amides is 1. The molecule has 1 saturated heterocycles. The molecule has 1 amide bonds. The van der Waals surface area contributed by atoms with E-state index in [9.17, 15) is 15.2 Å². The van der Waals surface area contributed by atoms with E-state index in [2.05, 4.69) is 34.6 Å². The maximum absolute atomic E-state index is 12.5. The molecule has 3 aromatic rings. The number of fused-ring (bicyclic) bond motifs is 1. The van der Waals surface area contributed by atoms with Crippen LogP contribution in [-0.2, 0) is 11.2 Å². The molecule has 7 nitrogen and oxygen atoms in total. The monoisotopic (exact) mass is 502 g/mol. The van der Waals surface area contributed by atoms with Crippen LogP contribution in [0.2, 0.25) is 0 Å². The van der Waals surface area contributed by atoms with Crippen molar-refractivity contribution in [2.75, 3.05) is 19.6 Å². The number of thiazole rings is 1. The van der Waals surface area contributed by atoms with Gasteiger partial charge in [0.15, 0.2) is 0 Å². The van der Waals surface area contributed by atoms with Crippen molar-refractivity contribution in [1.29, 1.82) is 5.26 Å². The molecule has 0 unspecified atom stereocenters. The Morgan fingerprint density at radius 1 is 1.33 bits per heavy atom. The van der Waals surface area contributed by atoms with E-state index in [0.29, 0.717) is 30.8 Å². The average Bonchev–Trinajstić information content (AvgIpc) is 3.62. The zero-order valence-corrected chi connectivity index (χ0v) is 21.3. The second kappa shape index (κ2) is 10.4. The fraction of sp³-hybridized carbons (Fsp3) is 0.393. The molecule has 1 aromatic heterocycles. The fourth-order valence-corrected chi connectivity index (χ4v) is 5.99. The number of aromatic nitrogens is 1. The highest BCUT2D eigenvalue weighted by atomic mass is 32.1. The number of nitrogens with zero attached hydrogens (tertiary/aromatic N) is 3. The van der Waals surface area contributed by atoms with Crippen molar-refractivity contribution in [2.24, 2.45) is 0 Å². The number of β-amino-alcohol motifs (C(OH)–C–C–N with tert-alkyl or cyclic N) is 1. The first kappa shape index (κ1) is 24.4. The summed E-state index contributed by atoms with van der Waals surface area (Å²) >= 11 is 1.61. The minimum atomic E-state index is -0.397. The summed E-state index contributed by atoms with van der Waals surface area (Å²) in [4.78, 5) is 20.0. The van der Waals surface area contributed by atoms with Crippen LogP contribution in [0.5, 0.6) is 5.75 Å². The zero-order valence-electron chi connectivity index (χ0n) is 20.5. The van der Waals surface area contributed by atoms with Gasteiger partial charge in [-0.05, 0) is 68.0 Å². The molecule has 36 heavy (non-hydrogen) atoms. The lowest BCUT2D eigenvalue weighted by atomic mass is 10.0. The number of likely N-dealkylation sites (tertiary alicyclic amines) is 1. The molecule has 2 aliphatic rings. The number of aliphatic hydroxyl groups excluding tert-OH is 1. The lowest BCUT2D eigenvalue weighted by Crippen LogP contribution is -2.38. The smallest absolute Gasteiger partial charge is 0.236 e. The summed E-state index contributed by atoms with van der Waals surface area (Å²) < 4.78 is 5.75. The maximum atomic E-state index is 12.5. The first-order chi connectivity index (χ1) is 17.4. The van der Waals surface area contributed by atoms with Crippen molar-refractivity contribution in [3.05, 3.63) is 59.3 Å². The number of benzene rings is 2. The molecular weight excluding hydrogens is 472 g/mol. The van der Waals surface area contributed by atoms with Crippen LogP contribution in [0.25, 0.3) is 21.0 Å². The molecule has 1 fully saturated rings. The van der Waals surface area contributed by atoms with Crippen LogP contribution < -0.4 is 10.1 Å². The third kappa shape index (κ3) is 5.00. The first-order valence-electron chi connectivity index (χ1n) is 12.4. The predicted molar refractivity (Wildman–Crippen MR) is 140 cm³/mol. The Morgan fingerprint density at radius 2 is 2.19 bits per heavy atom. The van der Waals surface area contributed by atoms with Gasteiger partial charge in [0.1, 0.15) is 16.8 Å². The molecule has 8 heteroatoms. The van der Waals surface area contributed by atoms with Gasteiger partial charge in [-0.2, -0.15) is 5.26 Å². The van der Waals surface area contributed by atoms with Crippen LogP contribution in [0.15, 0.2) is 42.6 Å². The number of aliphatic hydroxyl groups is 1. The van der Waals surface area contributed by atoms with E-state index < -0.39 is 6.10 Å². The van der Waals surface area contributed by atoms with Gasteiger partial charge in [-0.3, -0.25) is 4.79 Å². The summed E-state index contributed by atoms with van der Waals surface area (Å²) in [5.41, 5.74) is 5.11. The minimum Gasteiger partial charge on any atom is -0.490 e. The normalized spacial score (nSPS) is 18.9. The van der Waals surface area contributed by atoms with Crippen molar-refractivity contribution < 1.29 is 14.6 Å². The molecule has 1 aliphatic heterocycles. The number of rotatable bonds is 7. The van der Waals surface area contributed by atoms with E-state index in [-0.39, 0.29) is 24.6 Å². The van der Waals surface area contributed by atoms with Crippen LogP contribution in [0.3, 0.4) is 0 Å². The molecule has 2 atom stereocenters. The molecule has 0 spiro atoms. The summed E-state index contributed by atoms with van der Waals surface area (Å²) in [7, 11) is 0. The van der Waals surface area contributed by atoms with Crippen LogP contribution in [0.1, 0.15) is 49.4 Å². The predicted octanol–water partition coefficient (Wildman–Crippen LogP) is 4.31. The highest BCUT2D eigenvalue weighted by molar-refractivity contribution is 7.18. The van der Waals surface area contributed by atoms with Gasteiger partial charge in [0.25, 0.3) is 0 Å². The van der Waals surface area contributed by atoms with E-state index >= 15 is 0 Å². The van der Waals surface area contributed by atoms with Crippen LogP contribution in [0, 0.1) is 11.3 Å². The van der Waals surface area contributed by atoms with E-state index in [1.165, 1.54) is 16.7 Å². The highest BCUT2D eigenvalue weighted by Crippen LogP contribution is 2.41. The number of hydrogen-bond donors (Lipinski definition) is 2. The quantitative estimate of drug-likeness (QED) is 0.500. The lowest BCUT2D eigenvalue weighted by Gasteiger charge is -2.19. The molecule has 2 aromatic carbocycles. The Labute approximate surface area is 215 Å². The summed E-state index contributed by atoms with van der Waals surface area (Å²) in [5, 5.41) is 23.6. The largest absolute Gasteiger partial charge is 0.490 e. The Kier molecular flexibility index (Phi) is 7.06. The van der Waals surface area contributed by atoms with Gasteiger partial charge >= 0.3 is 0 Å². The lowest BCUT2D eigenvalue weighted by molar-refractivity contribution is -0.129. The second-order valence-corrected chi connectivity index (χ2v) is 10.7. The molecular formula is C28H30N4O3S. The molecule has 2 N–H and O–H groups in total. The second-order valence-electron chi connectivity index (χ2n) is 9.65. The Hall–Kier alpha value is -3.25. The fourth-order valence-electron chi connectivity index (χ4n) is 5.03. The molecule has 0 bridgehead atoms. The summed E-state index contributed by atoms with van der Waals surface area (Å²) in [6, 6.07) is 14.3. The van der Waals surface area contributed by atoms with Gasteiger partial charge in [-0.15, -0.1) is 11.3 Å². The van der Waals surface area contributed by atoms with E-state index in [1.54, 1.807) is 16.2 Å². The number of nitrogens with one attached hydrogen (secondary N) is 1. The Bertz CT molecular complexity index is 1310. The molecule has 1 aliphatic carbocycles. The third-order valence-corrected chi connectivity index (χ3v) is 7.85. The topological polar surface area (TPSA) is 98.5 Å². The zero-order chi connectivity index (χ0) is 25.2. The van der Waals surface area contributed by atoms with Gasteiger partial charge in [0, 0.05) is 30.9 Å². The standard InChI is InChI=1S/C28H30N4O3S/c1-17(2)35-25-9-6-18(12-19(25)13-29)28-31-14-26(36-28)23-5-3-4-22-21(23)7-8-24(22)30-15-27(34)32-11-10-20(33)16-32/h3-6,9,12,14,17,20,24,30,33H,7-8,10-11,15-16H2,1-2H3/t20-,24+/m1/s1. The third-order valence-electron chi connectivity index (χ3n) is 6.77. The van der Waals surface area contributed by atoms with Crippen molar-refractivity contribution >= 4 is 17.2 Å². The number of ether oxygens (including phenoxy) is 1. The van der Waals surface area contributed by atoms with Gasteiger partial charge in [-0.1, -0.05) is 18.2 Å². The maximum Gasteiger partial charge on any atom is 0.236 e. The number of nitriles is 1. The first-order valence-corrected chi connectivity index (χ1v) is 13.2. The number of hydrogen-bond acceptors (Lipinski definition) is 7. The highest BCUT2D eigenvalue weighted by Gasteiger charge is 2.28. The summed E-state index contributed by atoms with van der Waals surface area (Å²) in [6.45, 7) is 5.23. The van der Waals surface area contributed by atoms with Gasteiger partial charge in [0.05, 0.1) is 29.2 Å². The van der Waals surface area contributed by atoms with Crippen LogP contribution in [0.4, 0.5) is 0 Å². The Morgan fingerprint density at radius 3 is 2.94 bits per heavy atom. The van der Waals surface area contributed by atoms with Crippen LogP contribution >= 0.6 is 11.3 Å². The van der Waals surface area contributed by atoms with Crippen LogP contribution in [-0.4, -0.2) is 52.7 Å². The average molecular weight is 503 g/mol. The number of carbonyl (C=O) groups is 1. The SMILES string of the molecule is CC(C)Oc1ccc(-c2ncc(-c3cccc4c3CC[C@@H]4NCC(=O)N3CC[C@@H](O)C3)s2)cc1C#N. The van der Waals surface area contributed by atoms with E-state index in [0.717, 1.165) is 28.3 Å². The van der Waals surface area contributed by atoms with E-state index in [1.807, 2.05) is 38.2 Å². The minimum absolute atomic E-state index is 0.000793. The molecule has 2 heterocycles. The van der Waals surface area contributed by atoms with Gasteiger partial charge in [0.2, 0.25) is 5.91 Å². The van der Waals surface area contributed by atoms with Crippen molar-refractivity contribution in [2.45, 2.75) is 51.4 Å². The van der Waals surface area contributed by atoms with Crippen molar-refractivity contribution in [1.82, 2.24) is 15.2 Å². The molecule has 186 valence electrons. The molecule has 0 saturated carbocycles. The van der Waals surface area contributed by atoms with Gasteiger partial charge in [-0.25, -0.2) is 4.98 Å². The van der Waals surface area contributed by atoms with Gasteiger partial charge < -0.3 is 20.1 Å². The molecule has 0 radical (unpaired) electrons.